The summed E-state index contributed by atoms with van der Waals surface area (Å²) in [6, 6.07) is 17.8. The second kappa shape index (κ2) is 6.46. The summed E-state index contributed by atoms with van der Waals surface area (Å²) in [6.07, 6.45) is 0. The van der Waals surface area contributed by atoms with Crippen LogP contribution in [0.2, 0.25) is 0 Å². The molecule has 0 saturated carbocycles. The van der Waals surface area contributed by atoms with Gasteiger partial charge in [-0.25, -0.2) is 18.2 Å². The molecule has 1 aromatic heterocycles. The molecule has 0 bridgehead atoms. The van der Waals surface area contributed by atoms with Crippen molar-refractivity contribution in [2.24, 2.45) is 5.14 Å². The molecule has 0 saturated heterocycles. The number of sulfonamides is 1. The number of ether oxygens (including phenoxy) is 1. The number of hydrogen-bond acceptors (Lipinski definition) is 4. The van der Waals surface area contributed by atoms with E-state index in [2.05, 4.69) is 5.10 Å². The molecule has 0 aliphatic rings. The van der Waals surface area contributed by atoms with E-state index in [-0.39, 0.29) is 4.90 Å². The molecular formula is C17H17N3O3S. The summed E-state index contributed by atoms with van der Waals surface area (Å²) in [5, 5.41) is 9.74. The zero-order valence-electron chi connectivity index (χ0n) is 13.1. The van der Waals surface area contributed by atoms with Crippen LogP contribution in [0.1, 0.15) is 6.92 Å². The molecule has 0 atom stereocenters. The summed E-state index contributed by atoms with van der Waals surface area (Å²) in [5.74, 6) is 0.417. The Morgan fingerprint density at radius 1 is 1.08 bits per heavy atom. The number of rotatable bonds is 5. The monoisotopic (exact) mass is 343 g/mol. The van der Waals surface area contributed by atoms with Gasteiger partial charge in [0.2, 0.25) is 15.9 Å². The van der Waals surface area contributed by atoms with Crippen LogP contribution in [-0.2, 0) is 10.0 Å². The topological polar surface area (TPSA) is 87.2 Å². The molecule has 0 spiro atoms. The van der Waals surface area contributed by atoms with Crippen LogP contribution < -0.4 is 9.88 Å². The van der Waals surface area contributed by atoms with Crippen molar-refractivity contribution in [3.05, 3.63) is 60.7 Å². The van der Waals surface area contributed by atoms with Crippen LogP contribution in [0.25, 0.3) is 16.9 Å². The van der Waals surface area contributed by atoms with Gasteiger partial charge in [0.15, 0.2) is 0 Å². The second-order valence-electron chi connectivity index (χ2n) is 5.09. The lowest BCUT2D eigenvalue weighted by Gasteiger charge is -2.11. The summed E-state index contributed by atoms with van der Waals surface area (Å²) in [6.45, 7) is 2.32. The first-order valence-corrected chi connectivity index (χ1v) is 8.96. The van der Waals surface area contributed by atoms with E-state index in [1.165, 1.54) is 6.07 Å². The van der Waals surface area contributed by atoms with Crippen LogP contribution in [0, 0.1) is 0 Å². The van der Waals surface area contributed by atoms with E-state index in [0.717, 1.165) is 11.3 Å². The minimum Gasteiger partial charge on any atom is -0.477 e. The number of primary sulfonamides is 1. The maximum Gasteiger partial charge on any atom is 0.240 e. The lowest BCUT2D eigenvalue weighted by Crippen LogP contribution is -2.16. The molecule has 0 radical (unpaired) electrons. The van der Waals surface area contributed by atoms with Crippen LogP contribution in [0.15, 0.2) is 65.6 Å². The highest BCUT2D eigenvalue weighted by Gasteiger charge is 2.19. The fraction of sp³-hybridized carbons (Fsp3) is 0.118. The zero-order valence-corrected chi connectivity index (χ0v) is 13.9. The molecule has 0 amide bonds. The van der Waals surface area contributed by atoms with E-state index in [4.69, 9.17) is 9.88 Å². The van der Waals surface area contributed by atoms with Crippen molar-refractivity contribution in [3.63, 3.8) is 0 Å². The lowest BCUT2D eigenvalue weighted by atomic mass is 10.1. The number of benzene rings is 2. The van der Waals surface area contributed by atoms with Gasteiger partial charge in [0.1, 0.15) is 4.90 Å². The predicted molar refractivity (Wildman–Crippen MR) is 91.5 cm³/mol. The third-order valence-corrected chi connectivity index (χ3v) is 4.41. The molecule has 3 aromatic rings. The smallest absolute Gasteiger partial charge is 0.240 e. The van der Waals surface area contributed by atoms with Gasteiger partial charge in [-0.1, -0.05) is 42.5 Å². The maximum absolute atomic E-state index is 11.9. The Bertz CT molecular complexity index is 950. The molecule has 0 aliphatic carbocycles. The summed E-state index contributed by atoms with van der Waals surface area (Å²) in [5.41, 5.74) is 1.99. The van der Waals surface area contributed by atoms with Crippen LogP contribution >= 0.6 is 0 Å². The molecule has 2 N–H and O–H groups in total. The van der Waals surface area contributed by atoms with E-state index < -0.39 is 10.0 Å². The van der Waals surface area contributed by atoms with Gasteiger partial charge in [0, 0.05) is 11.6 Å². The number of hydrogen-bond donors (Lipinski definition) is 1. The molecular weight excluding hydrogens is 326 g/mol. The molecule has 24 heavy (non-hydrogen) atoms. The summed E-state index contributed by atoms with van der Waals surface area (Å²) < 4.78 is 30.9. The Kier molecular flexibility index (Phi) is 4.37. The maximum atomic E-state index is 11.9. The van der Waals surface area contributed by atoms with E-state index in [1.807, 2.05) is 37.3 Å². The zero-order chi connectivity index (χ0) is 17.2. The number of nitrogens with two attached hydrogens (primary N) is 1. The Hall–Kier alpha value is -2.64. The van der Waals surface area contributed by atoms with Gasteiger partial charge in [0.05, 0.1) is 18.0 Å². The molecule has 1 heterocycles. The number of aromatic nitrogens is 2. The van der Waals surface area contributed by atoms with Crippen LogP contribution in [0.4, 0.5) is 0 Å². The van der Waals surface area contributed by atoms with E-state index in [0.29, 0.717) is 18.2 Å². The molecule has 2 aromatic carbocycles. The predicted octanol–water partition coefficient (Wildman–Crippen LogP) is 2.59. The third kappa shape index (κ3) is 3.17. The van der Waals surface area contributed by atoms with Gasteiger partial charge in [-0.3, -0.25) is 0 Å². The lowest BCUT2D eigenvalue weighted by molar-refractivity contribution is 0.324. The Morgan fingerprint density at radius 3 is 2.42 bits per heavy atom. The number of para-hydroxylation sites is 1. The SMILES string of the molecule is CCOc1cc(-c2ccccc2)n(-c2ccccc2S(N)(=O)=O)n1. The van der Waals surface area contributed by atoms with Crippen LogP contribution in [-0.4, -0.2) is 24.8 Å². The summed E-state index contributed by atoms with van der Waals surface area (Å²) in [4.78, 5) is 0.00771. The second-order valence-corrected chi connectivity index (χ2v) is 6.62. The van der Waals surface area contributed by atoms with Crippen molar-refractivity contribution < 1.29 is 13.2 Å². The average molecular weight is 343 g/mol. The Labute approximate surface area is 140 Å². The number of nitrogens with zero attached hydrogens (tertiary/aromatic N) is 2. The molecule has 6 nitrogen and oxygen atoms in total. The van der Waals surface area contributed by atoms with Gasteiger partial charge in [-0.05, 0) is 19.1 Å². The highest BCUT2D eigenvalue weighted by molar-refractivity contribution is 7.89. The quantitative estimate of drug-likeness (QED) is 0.771. The van der Waals surface area contributed by atoms with Gasteiger partial charge in [-0.2, -0.15) is 0 Å². The normalized spacial score (nSPS) is 11.4. The molecule has 0 fully saturated rings. The van der Waals surface area contributed by atoms with E-state index >= 15 is 0 Å². The van der Waals surface area contributed by atoms with Crippen molar-refractivity contribution in [3.8, 4) is 22.8 Å². The molecule has 7 heteroatoms. The highest BCUT2D eigenvalue weighted by Crippen LogP contribution is 2.29. The van der Waals surface area contributed by atoms with Crippen molar-refractivity contribution in [1.29, 1.82) is 0 Å². The highest BCUT2D eigenvalue weighted by atomic mass is 32.2. The molecule has 0 unspecified atom stereocenters. The average Bonchev–Trinajstić information content (AvgIpc) is 2.99. The van der Waals surface area contributed by atoms with Crippen molar-refractivity contribution >= 4 is 10.0 Å². The largest absolute Gasteiger partial charge is 0.477 e. The third-order valence-electron chi connectivity index (χ3n) is 3.45. The minimum atomic E-state index is -3.89. The fourth-order valence-electron chi connectivity index (χ4n) is 2.45. The first-order valence-electron chi connectivity index (χ1n) is 7.41. The summed E-state index contributed by atoms with van der Waals surface area (Å²) >= 11 is 0. The van der Waals surface area contributed by atoms with Crippen molar-refractivity contribution in [1.82, 2.24) is 9.78 Å². The summed E-state index contributed by atoms with van der Waals surface area (Å²) in [7, 11) is -3.89. The van der Waals surface area contributed by atoms with Gasteiger partial charge >= 0.3 is 0 Å². The van der Waals surface area contributed by atoms with Crippen molar-refractivity contribution in [2.45, 2.75) is 11.8 Å². The minimum absolute atomic E-state index is 0.00771. The van der Waals surface area contributed by atoms with Gasteiger partial charge in [0.25, 0.3) is 0 Å². The van der Waals surface area contributed by atoms with E-state index in [9.17, 15) is 8.42 Å². The molecule has 3 rings (SSSR count). The first-order chi connectivity index (χ1) is 11.5. The standard InChI is InChI=1S/C17H17N3O3S/c1-2-23-17-12-15(13-8-4-3-5-9-13)20(19-17)14-10-6-7-11-16(14)24(18,21)22/h3-12H,2H2,1H3,(H2,18,21,22). The van der Waals surface area contributed by atoms with Gasteiger partial charge < -0.3 is 4.74 Å². The van der Waals surface area contributed by atoms with Gasteiger partial charge in [-0.15, -0.1) is 5.10 Å². The fourth-order valence-corrected chi connectivity index (χ4v) is 3.16. The van der Waals surface area contributed by atoms with Crippen LogP contribution in [0.5, 0.6) is 5.88 Å². The van der Waals surface area contributed by atoms with E-state index in [1.54, 1.807) is 28.9 Å². The Balaban J connectivity index is 2.25. The molecule has 0 aliphatic heterocycles. The van der Waals surface area contributed by atoms with Crippen molar-refractivity contribution in [2.75, 3.05) is 6.61 Å². The first kappa shape index (κ1) is 16.2. The molecule has 124 valence electrons. The van der Waals surface area contributed by atoms with Crippen LogP contribution in [0.3, 0.4) is 0 Å². The Morgan fingerprint density at radius 2 is 1.75 bits per heavy atom.